The average Bonchev–Trinajstić information content (AvgIpc) is 2.79. The summed E-state index contributed by atoms with van der Waals surface area (Å²) in [4.78, 5) is 0. The molecule has 2 rings (SSSR count). The van der Waals surface area contributed by atoms with Crippen LogP contribution in [0.1, 0.15) is 59.8 Å². The van der Waals surface area contributed by atoms with Gasteiger partial charge in [0.05, 0.1) is 17.8 Å². The standard InChI is InChI=1S/C20H34O3/c1-12-6-10-16(13(2)8-11-17(21)20(4,5)23)19(22)18-14(3)7-9-15(12)18/h7,13,15-19,21-23H,1,6,8-11H2,2-5H3/t13?,15-,16-,17+,18+,19+/m0/s1. The minimum atomic E-state index is -1.06. The first-order valence-electron chi connectivity index (χ1n) is 9.05. The fourth-order valence-electron chi connectivity index (χ4n) is 4.42. The Hall–Kier alpha value is -0.640. The summed E-state index contributed by atoms with van der Waals surface area (Å²) in [5.74, 6) is 1.18. The Morgan fingerprint density at radius 3 is 2.61 bits per heavy atom. The van der Waals surface area contributed by atoms with Gasteiger partial charge in [0.25, 0.3) is 0 Å². The van der Waals surface area contributed by atoms with Crippen molar-refractivity contribution in [2.24, 2.45) is 23.7 Å². The summed E-state index contributed by atoms with van der Waals surface area (Å²) in [7, 11) is 0. The Bertz CT molecular complexity index is 460. The molecule has 0 aromatic heterocycles. The molecule has 0 aromatic rings. The van der Waals surface area contributed by atoms with Gasteiger partial charge in [-0.05, 0) is 70.6 Å². The van der Waals surface area contributed by atoms with Gasteiger partial charge in [-0.25, -0.2) is 0 Å². The quantitative estimate of drug-likeness (QED) is 0.680. The van der Waals surface area contributed by atoms with E-state index >= 15 is 0 Å². The predicted octanol–water partition coefficient (Wildman–Crippen LogP) is 3.44. The zero-order valence-corrected chi connectivity index (χ0v) is 15.1. The van der Waals surface area contributed by atoms with Crippen molar-refractivity contribution in [2.45, 2.75) is 77.6 Å². The molecule has 1 unspecified atom stereocenters. The van der Waals surface area contributed by atoms with E-state index in [1.54, 1.807) is 13.8 Å². The highest BCUT2D eigenvalue weighted by molar-refractivity contribution is 5.24. The van der Waals surface area contributed by atoms with Crippen molar-refractivity contribution in [2.75, 3.05) is 0 Å². The maximum Gasteiger partial charge on any atom is 0.0849 e. The first kappa shape index (κ1) is 18.7. The smallest absolute Gasteiger partial charge is 0.0849 e. The minimum Gasteiger partial charge on any atom is -0.392 e. The van der Waals surface area contributed by atoms with Crippen molar-refractivity contribution < 1.29 is 15.3 Å². The second-order valence-corrected chi connectivity index (χ2v) is 8.39. The summed E-state index contributed by atoms with van der Waals surface area (Å²) in [6.45, 7) is 11.9. The molecular formula is C20H34O3. The van der Waals surface area contributed by atoms with E-state index in [9.17, 15) is 15.3 Å². The molecule has 0 heterocycles. The molecule has 0 saturated heterocycles. The fraction of sp³-hybridized carbons (Fsp3) is 0.800. The summed E-state index contributed by atoms with van der Waals surface area (Å²) in [5, 5.41) is 30.9. The monoisotopic (exact) mass is 322 g/mol. The van der Waals surface area contributed by atoms with Crippen molar-refractivity contribution in [3.8, 4) is 0 Å². The number of allylic oxidation sites excluding steroid dienone is 2. The Labute approximate surface area is 141 Å². The zero-order chi connectivity index (χ0) is 17.4. The van der Waals surface area contributed by atoms with Gasteiger partial charge in [-0.15, -0.1) is 0 Å². The molecule has 3 N–H and O–H groups in total. The van der Waals surface area contributed by atoms with Crippen LogP contribution in [-0.4, -0.2) is 33.1 Å². The third kappa shape index (κ3) is 4.07. The molecule has 0 radical (unpaired) electrons. The van der Waals surface area contributed by atoms with E-state index in [0.717, 1.165) is 25.7 Å². The van der Waals surface area contributed by atoms with Gasteiger partial charge in [-0.1, -0.05) is 30.7 Å². The summed E-state index contributed by atoms with van der Waals surface area (Å²) < 4.78 is 0. The Kier molecular flexibility index (Phi) is 5.76. The molecule has 6 atom stereocenters. The number of hydrogen-bond acceptors (Lipinski definition) is 3. The van der Waals surface area contributed by atoms with E-state index in [0.29, 0.717) is 18.3 Å². The van der Waals surface area contributed by atoms with Crippen LogP contribution in [-0.2, 0) is 0 Å². The van der Waals surface area contributed by atoms with Crippen LogP contribution >= 0.6 is 0 Å². The van der Waals surface area contributed by atoms with Crippen molar-refractivity contribution in [3.05, 3.63) is 23.8 Å². The van der Waals surface area contributed by atoms with E-state index < -0.39 is 11.7 Å². The van der Waals surface area contributed by atoms with Crippen LogP contribution in [0.15, 0.2) is 23.8 Å². The number of rotatable bonds is 5. The van der Waals surface area contributed by atoms with Crippen molar-refractivity contribution in [3.63, 3.8) is 0 Å². The largest absolute Gasteiger partial charge is 0.392 e. The molecule has 2 aliphatic carbocycles. The molecule has 23 heavy (non-hydrogen) atoms. The van der Waals surface area contributed by atoms with E-state index in [1.807, 2.05) is 0 Å². The lowest BCUT2D eigenvalue weighted by Gasteiger charge is -2.34. The van der Waals surface area contributed by atoms with Gasteiger partial charge in [0.1, 0.15) is 0 Å². The van der Waals surface area contributed by atoms with Crippen molar-refractivity contribution in [1.29, 1.82) is 0 Å². The van der Waals surface area contributed by atoms with E-state index in [4.69, 9.17) is 0 Å². The van der Waals surface area contributed by atoms with Crippen molar-refractivity contribution in [1.82, 2.24) is 0 Å². The molecule has 1 fully saturated rings. The Morgan fingerprint density at radius 1 is 1.35 bits per heavy atom. The second-order valence-electron chi connectivity index (χ2n) is 8.39. The van der Waals surface area contributed by atoms with E-state index in [2.05, 4.69) is 26.5 Å². The summed E-state index contributed by atoms with van der Waals surface area (Å²) in [6, 6.07) is 0. The third-order valence-electron chi connectivity index (χ3n) is 6.22. The molecular weight excluding hydrogens is 288 g/mol. The Morgan fingerprint density at radius 2 is 2.00 bits per heavy atom. The zero-order valence-electron chi connectivity index (χ0n) is 15.1. The topological polar surface area (TPSA) is 60.7 Å². The van der Waals surface area contributed by atoms with E-state index in [1.165, 1.54) is 11.1 Å². The van der Waals surface area contributed by atoms with Crippen molar-refractivity contribution >= 4 is 0 Å². The van der Waals surface area contributed by atoms with Crippen LogP contribution in [0, 0.1) is 23.7 Å². The maximum absolute atomic E-state index is 11.0. The molecule has 0 aromatic carbocycles. The number of hydrogen-bond donors (Lipinski definition) is 3. The maximum atomic E-state index is 11.0. The van der Waals surface area contributed by atoms with Crippen LogP contribution in [0.2, 0.25) is 0 Å². The molecule has 1 saturated carbocycles. The van der Waals surface area contributed by atoms with Gasteiger partial charge in [0, 0.05) is 5.92 Å². The molecule has 0 aliphatic heterocycles. The molecule has 0 amide bonds. The number of aliphatic hydroxyl groups excluding tert-OH is 2. The van der Waals surface area contributed by atoms with Gasteiger partial charge in [0.2, 0.25) is 0 Å². The lowest BCUT2D eigenvalue weighted by molar-refractivity contribution is -0.0562. The van der Waals surface area contributed by atoms with Gasteiger partial charge >= 0.3 is 0 Å². The molecule has 3 nitrogen and oxygen atoms in total. The first-order valence-corrected chi connectivity index (χ1v) is 9.05. The molecule has 0 spiro atoms. The number of aliphatic hydroxyl groups is 3. The molecule has 2 aliphatic rings. The number of fused-ring (bicyclic) bond motifs is 1. The van der Waals surface area contributed by atoms with Gasteiger partial charge in [0.15, 0.2) is 0 Å². The summed E-state index contributed by atoms with van der Waals surface area (Å²) in [6.07, 6.45) is 5.58. The van der Waals surface area contributed by atoms with E-state index in [-0.39, 0.29) is 17.9 Å². The minimum absolute atomic E-state index is 0.219. The second kappa shape index (κ2) is 7.08. The van der Waals surface area contributed by atoms with Gasteiger partial charge in [-0.2, -0.15) is 0 Å². The fourth-order valence-corrected chi connectivity index (χ4v) is 4.42. The average molecular weight is 322 g/mol. The first-order chi connectivity index (χ1) is 10.6. The third-order valence-corrected chi connectivity index (χ3v) is 6.22. The summed E-state index contributed by atoms with van der Waals surface area (Å²) in [5.41, 5.74) is 1.53. The molecule has 0 bridgehead atoms. The lowest BCUT2D eigenvalue weighted by Crippen LogP contribution is -2.37. The highest BCUT2D eigenvalue weighted by atomic mass is 16.3. The normalized spacial score (nSPS) is 34.6. The SMILES string of the molecule is C=C1CC[C@@H](C(C)CC[C@@H](O)C(C)(C)O)[C@@H](O)[C@@H]2C(C)=CC[C@@H]12. The molecule has 3 heteroatoms. The highest BCUT2D eigenvalue weighted by Crippen LogP contribution is 2.47. The Balaban J connectivity index is 2.03. The van der Waals surface area contributed by atoms with Crippen LogP contribution in [0.3, 0.4) is 0 Å². The predicted molar refractivity (Wildman–Crippen MR) is 93.9 cm³/mol. The lowest BCUT2D eigenvalue weighted by atomic mass is 9.76. The van der Waals surface area contributed by atoms with Crippen LogP contribution in [0.5, 0.6) is 0 Å². The van der Waals surface area contributed by atoms with Crippen LogP contribution in [0.25, 0.3) is 0 Å². The van der Waals surface area contributed by atoms with Gasteiger partial charge in [-0.3, -0.25) is 0 Å². The van der Waals surface area contributed by atoms with Crippen LogP contribution in [0.4, 0.5) is 0 Å². The highest BCUT2D eigenvalue weighted by Gasteiger charge is 2.42. The van der Waals surface area contributed by atoms with Crippen LogP contribution < -0.4 is 0 Å². The molecule has 132 valence electrons. The summed E-state index contributed by atoms with van der Waals surface area (Å²) >= 11 is 0. The van der Waals surface area contributed by atoms with Gasteiger partial charge < -0.3 is 15.3 Å².